The largest absolute Gasteiger partial charge is 0.335 e. The van der Waals surface area contributed by atoms with Gasteiger partial charge in [-0.05, 0) is 24.8 Å². The van der Waals surface area contributed by atoms with Crippen LogP contribution in [0.3, 0.4) is 0 Å². The lowest BCUT2D eigenvalue weighted by molar-refractivity contribution is 0.0695. The van der Waals surface area contributed by atoms with Crippen molar-refractivity contribution < 1.29 is 13.6 Å². The predicted molar refractivity (Wildman–Crippen MR) is 63.0 cm³/mol. The van der Waals surface area contributed by atoms with Crippen LogP contribution in [-0.4, -0.2) is 28.4 Å². The van der Waals surface area contributed by atoms with Gasteiger partial charge >= 0.3 is 0 Å². The number of halogens is 2. The maximum atomic E-state index is 13.5. The Morgan fingerprint density at radius 1 is 1.50 bits per heavy atom. The molecule has 1 saturated heterocycles. The van der Waals surface area contributed by atoms with E-state index >= 15 is 0 Å². The van der Waals surface area contributed by atoms with Crippen LogP contribution in [0, 0.1) is 17.7 Å². The lowest BCUT2D eigenvalue weighted by Crippen LogP contribution is -2.39. The van der Waals surface area contributed by atoms with Crippen molar-refractivity contribution in [3.05, 3.63) is 29.6 Å². The molecule has 18 heavy (non-hydrogen) atoms. The van der Waals surface area contributed by atoms with Crippen LogP contribution in [0.15, 0.2) is 12.3 Å². The summed E-state index contributed by atoms with van der Waals surface area (Å²) in [7, 11) is 0. The Kier molecular flexibility index (Phi) is 3.59. The van der Waals surface area contributed by atoms with Crippen molar-refractivity contribution in [3.63, 3.8) is 0 Å². The van der Waals surface area contributed by atoms with Gasteiger partial charge in [0.05, 0.1) is 11.8 Å². The fraction of sp³-hybridized carbons (Fsp3) is 0.538. The third-order valence-corrected chi connectivity index (χ3v) is 3.37. The SMILES string of the molecule is CC(C)C1CCCN1C(=O)c1cc(F)cnc1F. The summed E-state index contributed by atoms with van der Waals surface area (Å²) in [6.45, 7) is 4.64. The summed E-state index contributed by atoms with van der Waals surface area (Å²) >= 11 is 0. The summed E-state index contributed by atoms with van der Waals surface area (Å²) in [5.74, 6) is -1.76. The van der Waals surface area contributed by atoms with Gasteiger partial charge in [-0.15, -0.1) is 0 Å². The van der Waals surface area contributed by atoms with Crippen LogP contribution in [0.4, 0.5) is 8.78 Å². The van der Waals surface area contributed by atoms with E-state index in [1.807, 2.05) is 13.8 Å². The highest BCUT2D eigenvalue weighted by Gasteiger charge is 2.32. The van der Waals surface area contributed by atoms with Crippen molar-refractivity contribution in [1.82, 2.24) is 9.88 Å². The lowest BCUT2D eigenvalue weighted by atomic mass is 10.0. The highest BCUT2D eigenvalue weighted by molar-refractivity contribution is 5.94. The molecular formula is C13H16F2N2O. The summed E-state index contributed by atoms with van der Waals surface area (Å²) in [5, 5.41) is 0. The molecule has 2 rings (SSSR count). The molecule has 1 aromatic heterocycles. The second-order valence-electron chi connectivity index (χ2n) is 4.94. The molecule has 0 N–H and O–H groups in total. The first-order valence-electron chi connectivity index (χ1n) is 6.12. The molecule has 1 unspecified atom stereocenters. The number of rotatable bonds is 2. The third kappa shape index (κ3) is 2.35. The number of nitrogens with zero attached hydrogens (tertiary/aromatic N) is 2. The Balaban J connectivity index is 2.28. The first kappa shape index (κ1) is 12.9. The van der Waals surface area contributed by atoms with E-state index in [1.165, 1.54) is 0 Å². The molecule has 0 bridgehead atoms. The standard InChI is InChI=1S/C13H16F2N2O/c1-8(2)11-4-3-5-17(11)13(18)10-6-9(14)7-16-12(10)15/h6-8,11H,3-5H2,1-2H3. The molecule has 0 spiro atoms. The number of carbonyl (C=O) groups is 1. The fourth-order valence-corrected chi connectivity index (χ4v) is 2.47. The van der Waals surface area contributed by atoms with Gasteiger partial charge in [0.2, 0.25) is 5.95 Å². The van der Waals surface area contributed by atoms with E-state index < -0.39 is 17.7 Å². The molecule has 1 atom stereocenters. The molecule has 1 aromatic rings. The minimum absolute atomic E-state index is 0.0974. The summed E-state index contributed by atoms with van der Waals surface area (Å²) in [5.41, 5.74) is -0.275. The Hall–Kier alpha value is -1.52. The van der Waals surface area contributed by atoms with E-state index in [2.05, 4.69) is 4.98 Å². The van der Waals surface area contributed by atoms with E-state index in [9.17, 15) is 13.6 Å². The van der Waals surface area contributed by atoms with Crippen molar-refractivity contribution >= 4 is 5.91 Å². The van der Waals surface area contributed by atoms with Gasteiger partial charge in [0.15, 0.2) is 0 Å². The van der Waals surface area contributed by atoms with Gasteiger partial charge in [-0.1, -0.05) is 13.8 Å². The molecule has 1 fully saturated rings. The number of likely N-dealkylation sites (tertiary alicyclic amines) is 1. The average Bonchev–Trinajstić information content (AvgIpc) is 2.80. The molecular weight excluding hydrogens is 238 g/mol. The lowest BCUT2D eigenvalue weighted by Gasteiger charge is -2.27. The van der Waals surface area contributed by atoms with Crippen molar-refractivity contribution in [3.8, 4) is 0 Å². The number of hydrogen-bond acceptors (Lipinski definition) is 2. The topological polar surface area (TPSA) is 33.2 Å². The smallest absolute Gasteiger partial charge is 0.258 e. The Morgan fingerprint density at radius 2 is 2.22 bits per heavy atom. The summed E-state index contributed by atoms with van der Waals surface area (Å²) in [4.78, 5) is 17.1. The van der Waals surface area contributed by atoms with Gasteiger partial charge in [-0.2, -0.15) is 4.39 Å². The van der Waals surface area contributed by atoms with Gasteiger partial charge in [0.1, 0.15) is 5.82 Å². The Morgan fingerprint density at radius 3 is 2.89 bits per heavy atom. The van der Waals surface area contributed by atoms with Crippen LogP contribution in [0.1, 0.15) is 37.0 Å². The van der Waals surface area contributed by atoms with Crippen LogP contribution >= 0.6 is 0 Å². The number of aromatic nitrogens is 1. The molecule has 2 heterocycles. The Labute approximate surface area is 105 Å². The van der Waals surface area contributed by atoms with E-state index in [-0.39, 0.29) is 11.6 Å². The maximum absolute atomic E-state index is 13.5. The number of hydrogen-bond donors (Lipinski definition) is 0. The monoisotopic (exact) mass is 254 g/mol. The summed E-state index contributed by atoms with van der Waals surface area (Å²) < 4.78 is 26.5. The second-order valence-corrected chi connectivity index (χ2v) is 4.94. The van der Waals surface area contributed by atoms with Crippen molar-refractivity contribution in [2.75, 3.05) is 6.54 Å². The normalized spacial score (nSPS) is 19.6. The molecule has 0 aliphatic carbocycles. The molecule has 0 aromatic carbocycles. The van der Waals surface area contributed by atoms with Gasteiger partial charge < -0.3 is 4.90 Å². The second kappa shape index (κ2) is 5.00. The van der Waals surface area contributed by atoms with Crippen molar-refractivity contribution in [2.45, 2.75) is 32.7 Å². The van der Waals surface area contributed by atoms with E-state index in [0.29, 0.717) is 12.5 Å². The molecule has 1 amide bonds. The van der Waals surface area contributed by atoms with Crippen molar-refractivity contribution in [2.24, 2.45) is 5.92 Å². The predicted octanol–water partition coefficient (Wildman–Crippen LogP) is 2.62. The van der Waals surface area contributed by atoms with E-state index in [1.54, 1.807) is 4.90 Å². The van der Waals surface area contributed by atoms with Gasteiger partial charge in [-0.25, -0.2) is 9.37 Å². The number of pyridine rings is 1. The quantitative estimate of drug-likeness (QED) is 0.760. The van der Waals surface area contributed by atoms with Crippen LogP contribution in [0.2, 0.25) is 0 Å². The molecule has 0 radical (unpaired) electrons. The highest BCUT2D eigenvalue weighted by atomic mass is 19.1. The molecule has 1 aliphatic rings. The zero-order valence-electron chi connectivity index (χ0n) is 10.5. The number of carbonyl (C=O) groups excluding carboxylic acids is 1. The van der Waals surface area contributed by atoms with Crippen LogP contribution in [-0.2, 0) is 0 Å². The molecule has 5 heteroatoms. The minimum atomic E-state index is -0.907. The van der Waals surface area contributed by atoms with Gasteiger partial charge in [0, 0.05) is 12.6 Å². The first-order valence-corrected chi connectivity index (χ1v) is 6.12. The zero-order valence-corrected chi connectivity index (χ0v) is 10.5. The summed E-state index contributed by atoms with van der Waals surface area (Å²) in [6, 6.07) is 1.01. The zero-order chi connectivity index (χ0) is 13.3. The first-order chi connectivity index (χ1) is 8.50. The Bertz CT molecular complexity index is 462. The minimum Gasteiger partial charge on any atom is -0.335 e. The highest BCUT2D eigenvalue weighted by Crippen LogP contribution is 2.26. The van der Waals surface area contributed by atoms with Crippen LogP contribution in [0.25, 0.3) is 0 Å². The molecule has 1 aliphatic heterocycles. The van der Waals surface area contributed by atoms with Crippen LogP contribution in [0.5, 0.6) is 0 Å². The van der Waals surface area contributed by atoms with E-state index in [0.717, 1.165) is 25.1 Å². The fourth-order valence-electron chi connectivity index (χ4n) is 2.47. The third-order valence-electron chi connectivity index (χ3n) is 3.37. The molecule has 98 valence electrons. The maximum Gasteiger partial charge on any atom is 0.258 e. The van der Waals surface area contributed by atoms with Crippen molar-refractivity contribution in [1.29, 1.82) is 0 Å². The molecule has 0 saturated carbocycles. The van der Waals surface area contributed by atoms with E-state index in [4.69, 9.17) is 0 Å². The van der Waals surface area contributed by atoms with Gasteiger partial charge in [0.25, 0.3) is 5.91 Å². The van der Waals surface area contributed by atoms with Crippen LogP contribution < -0.4 is 0 Å². The number of amides is 1. The average molecular weight is 254 g/mol. The van der Waals surface area contributed by atoms with Gasteiger partial charge in [-0.3, -0.25) is 4.79 Å². The molecule has 3 nitrogen and oxygen atoms in total. The summed E-state index contributed by atoms with van der Waals surface area (Å²) in [6.07, 6.45) is 2.59.